The zero-order chi connectivity index (χ0) is 29.7. The Kier molecular flexibility index (Phi) is 8.33. The predicted molar refractivity (Wildman–Crippen MR) is 155 cm³/mol. The summed E-state index contributed by atoms with van der Waals surface area (Å²) in [7, 11) is 1.52. The maximum Gasteiger partial charge on any atom is 0.451 e. The number of unbranched alkanes of at least 4 members (excludes halogenated alkanes) is 1. The number of amides is 1. The number of halogens is 3. The number of methoxy groups -OCH3 is 1. The van der Waals surface area contributed by atoms with Crippen molar-refractivity contribution in [1.29, 1.82) is 0 Å². The van der Waals surface area contributed by atoms with Crippen LogP contribution in [0.4, 0.5) is 19.0 Å². The Morgan fingerprint density at radius 2 is 1.55 bits per heavy atom. The molecule has 0 unspecified atom stereocenters. The summed E-state index contributed by atoms with van der Waals surface area (Å²) in [4.78, 5) is 21.3. The molecule has 2 heterocycles. The molecule has 214 valence electrons. The van der Waals surface area contributed by atoms with E-state index in [1.807, 2.05) is 13.0 Å². The Bertz CT molecular complexity index is 1670. The minimum Gasteiger partial charge on any atom is -0.497 e. The third-order valence-corrected chi connectivity index (χ3v) is 6.59. The van der Waals surface area contributed by atoms with Gasteiger partial charge in [-0.2, -0.15) is 23.0 Å². The van der Waals surface area contributed by atoms with Crippen molar-refractivity contribution in [3.8, 4) is 34.0 Å². The molecule has 0 saturated heterocycles. The quantitative estimate of drug-likeness (QED) is 0.197. The van der Waals surface area contributed by atoms with Gasteiger partial charge in [-0.05, 0) is 42.7 Å². The maximum atomic E-state index is 14.2. The second-order valence-electron chi connectivity index (χ2n) is 9.54. The van der Waals surface area contributed by atoms with Crippen molar-refractivity contribution in [1.82, 2.24) is 19.7 Å². The second kappa shape index (κ2) is 12.3. The zero-order valence-electron chi connectivity index (χ0n) is 23.0. The summed E-state index contributed by atoms with van der Waals surface area (Å²) in [6.45, 7) is 2.03. The fourth-order valence-corrected chi connectivity index (χ4v) is 4.50. The van der Waals surface area contributed by atoms with E-state index in [1.54, 1.807) is 84.9 Å². The summed E-state index contributed by atoms with van der Waals surface area (Å²) < 4.78 is 49.2. The number of rotatable bonds is 9. The standard InChI is InChI=1S/C32H28F3N5O2/c1-3-4-15-24-20-26(36-30(41)23-16-18-25(42-2)19-17-23)40(39-24)29-27(21-11-7-5-8-12-21)28(22-13-9-6-10-14-22)37-31(38-29)32(33,34)35/h5-14,16-20H,3-4,15H2,1-2H3,(H,36,41). The third-order valence-electron chi connectivity index (χ3n) is 6.59. The molecule has 0 aliphatic rings. The minimum absolute atomic E-state index is 0.0946. The van der Waals surface area contributed by atoms with Gasteiger partial charge in [0.25, 0.3) is 5.91 Å². The molecule has 1 amide bonds. The molecule has 42 heavy (non-hydrogen) atoms. The smallest absolute Gasteiger partial charge is 0.451 e. The van der Waals surface area contributed by atoms with Gasteiger partial charge < -0.3 is 10.1 Å². The van der Waals surface area contributed by atoms with Crippen molar-refractivity contribution in [3.05, 3.63) is 108 Å². The molecule has 1 N–H and O–H groups in total. The van der Waals surface area contributed by atoms with Gasteiger partial charge in [0, 0.05) is 17.2 Å². The first kappa shape index (κ1) is 28.5. The number of aromatic nitrogens is 4. The number of nitrogens with one attached hydrogen (secondary N) is 1. The van der Waals surface area contributed by atoms with Crippen LogP contribution in [0.3, 0.4) is 0 Å². The van der Waals surface area contributed by atoms with Crippen molar-refractivity contribution in [2.45, 2.75) is 32.4 Å². The number of ether oxygens (including phenoxy) is 1. The molecular formula is C32H28F3N5O2. The molecule has 0 fully saturated rings. The van der Waals surface area contributed by atoms with Crippen LogP contribution in [-0.4, -0.2) is 32.8 Å². The molecule has 0 spiro atoms. The summed E-state index contributed by atoms with van der Waals surface area (Å²) in [5, 5.41) is 7.50. The van der Waals surface area contributed by atoms with Gasteiger partial charge in [-0.1, -0.05) is 74.0 Å². The highest BCUT2D eigenvalue weighted by Crippen LogP contribution is 2.39. The number of carbonyl (C=O) groups excluding carboxylic acids is 1. The Hall–Kier alpha value is -4.99. The monoisotopic (exact) mass is 571 g/mol. The van der Waals surface area contributed by atoms with Gasteiger partial charge in [0.1, 0.15) is 11.6 Å². The fourth-order valence-electron chi connectivity index (χ4n) is 4.50. The summed E-state index contributed by atoms with van der Waals surface area (Å²) in [6.07, 6.45) is -2.57. The fraction of sp³-hybridized carbons (Fsp3) is 0.188. The van der Waals surface area contributed by atoms with E-state index in [1.165, 1.54) is 11.8 Å². The van der Waals surface area contributed by atoms with Crippen LogP contribution in [0, 0.1) is 0 Å². The lowest BCUT2D eigenvalue weighted by Gasteiger charge is -2.18. The van der Waals surface area contributed by atoms with Crippen LogP contribution in [0.15, 0.2) is 91.0 Å². The minimum atomic E-state index is -4.84. The van der Waals surface area contributed by atoms with Crippen LogP contribution < -0.4 is 10.1 Å². The molecule has 0 saturated carbocycles. The van der Waals surface area contributed by atoms with E-state index in [-0.39, 0.29) is 17.3 Å². The van der Waals surface area contributed by atoms with Gasteiger partial charge in [-0.3, -0.25) is 4.79 Å². The Labute approximate surface area is 241 Å². The van der Waals surface area contributed by atoms with Crippen LogP contribution in [0.2, 0.25) is 0 Å². The van der Waals surface area contributed by atoms with Gasteiger partial charge in [0.05, 0.1) is 24.1 Å². The van der Waals surface area contributed by atoms with Gasteiger partial charge in [-0.25, -0.2) is 9.97 Å². The summed E-state index contributed by atoms with van der Waals surface area (Å²) in [5.74, 6) is -1.11. The average Bonchev–Trinajstić information content (AvgIpc) is 3.41. The first-order valence-electron chi connectivity index (χ1n) is 13.4. The number of aryl methyl sites for hydroxylation is 1. The Morgan fingerprint density at radius 1 is 0.905 bits per heavy atom. The molecule has 0 aliphatic carbocycles. The van der Waals surface area contributed by atoms with Crippen molar-refractivity contribution >= 4 is 11.7 Å². The number of alkyl halides is 3. The van der Waals surface area contributed by atoms with E-state index < -0.39 is 17.9 Å². The molecule has 0 bridgehead atoms. The number of anilines is 1. The van der Waals surface area contributed by atoms with Crippen molar-refractivity contribution in [2.24, 2.45) is 0 Å². The normalized spacial score (nSPS) is 11.4. The molecule has 5 aromatic rings. The van der Waals surface area contributed by atoms with Gasteiger partial charge in [-0.15, -0.1) is 0 Å². The molecule has 2 aromatic heterocycles. The number of carbonyl (C=O) groups is 1. The average molecular weight is 572 g/mol. The molecule has 0 aliphatic heterocycles. The van der Waals surface area contributed by atoms with Crippen LogP contribution in [0.5, 0.6) is 5.75 Å². The SMILES string of the molecule is CCCCc1cc(NC(=O)c2ccc(OC)cc2)n(-c2nc(C(F)(F)F)nc(-c3ccccc3)c2-c2ccccc2)n1. The number of hydrogen-bond acceptors (Lipinski definition) is 5. The molecular weight excluding hydrogens is 543 g/mol. The highest BCUT2D eigenvalue weighted by atomic mass is 19.4. The van der Waals surface area contributed by atoms with E-state index in [9.17, 15) is 18.0 Å². The van der Waals surface area contributed by atoms with Crippen LogP contribution in [0.1, 0.15) is 41.6 Å². The van der Waals surface area contributed by atoms with E-state index >= 15 is 0 Å². The molecule has 0 radical (unpaired) electrons. The van der Waals surface area contributed by atoms with Crippen molar-refractivity contribution in [3.63, 3.8) is 0 Å². The largest absolute Gasteiger partial charge is 0.497 e. The van der Waals surface area contributed by atoms with Crippen LogP contribution >= 0.6 is 0 Å². The number of hydrogen-bond donors (Lipinski definition) is 1. The third kappa shape index (κ3) is 6.17. The summed E-state index contributed by atoms with van der Waals surface area (Å²) in [6, 6.07) is 25.7. The predicted octanol–water partition coefficient (Wildman–Crippen LogP) is 7.62. The van der Waals surface area contributed by atoms with Crippen molar-refractivity contribution < 1.29 is 22.7 Å². The van der Waals surface area contributed by atoms with E-state index in [0.717, 1.165) is 12.8 Å². The van der Waals surface area contributed by atoms with Crippen LogP contribution in [0.25, 0.3) is 28.2 Å². The molecule has 10 heteroatoms. The van der Waals surface area contributed by atoms with E-state index in [0.29, 0.717) is 40.1 Å². The second-order valence-corrected chi connectivity index (χ2v) is 9.54. The lowest BCUT2D eigenvalue weighted by Crippen LogP contribution is -2.19. The summed E-state index contributed by atoms with van der Waals surface area (Å²) >= 11 is 0. The zero-order valence-corrected chi connectivity index (χ0v) is 23.0. The maximum absolute atomic E-state index is 14.2. The molecule has 3 aromatic carbocycles. The number of benzene rings is 3. The molecule has 0 atom stereocenters. The topological polar surface area (TPSA) is 81.9 Å². The Morgan fingerprint density at radius 3 is 2.14 bits per heavy atom. The Balaban J connectivity index is 1.75. The van der Waals surface area contributed by atoms with E-state index in [2.05, 4.69) is 20.4 Å². The lowest BCUT2D eigenvalue weighted by molar-refractivity contribution is -0.144. The lowest BCUT2D eigenvalue weighted by atomic mass is 9.99. The van der Waals surface area contributed by atoms with Crippen molar-refractivity contribution in [2.75, 3.05) is 12.4 Å². The highest BCUT2D eigenvalue weighted by molar-refractivity contribution is 6.04. The van der Waals surface area contributed by atoms with Gasteiger partial charge in [0.2, 0.25) is 5.82 Å². The van der Waals surface area contributed by atoms with E-state index in [4.69, 9.17) is 4.74 Å². The first-order chi connectivity index (χ1) is 20.3. The molecule has 7 nitrogen and oxygen atoms in total. The first-order valence-corrected chi connectivity index (χ1v) is 13.4. The number of nitrogens with zero attached hydrogens (tertiary/aromatic N) is 4. The molecule has 5 rings (SSSR count). The van der Waals surface area contributed by atoms with Gasteiger partial charge >= 0.3 is 6.18 Å². The highest BCUT2D eigenvalue weighted by Gasteiger charge is 2.37. The summed E-state index contributed by atoms with van der Waals surface area (Å²) in [5.41, 5.74) is 2.46. The van der Waals surface area contributed by atoms with Gasteiger partial charge in [0.15, 0.2) is 5.82 Å². The van der Waals surface area contributed by atoms with Crippen LogP contribution in [-0.2, 0) is 12.6 Å².